The van der Waals surface area contributed by atoms with Crippen LogP contribution in [0.1, 0.15) is 19.8 Å². The number of piperidine rings is 1. The average Bonchev–Trinajstić information content (AvgIpc) is 2.39. The number of carbonyl (C=O) groups is 2. The van der Waals surface area contributed by atoms with E-state index < -0.39 is 0 Å². The number of aliphatic hydroxyl groups excluding tert-OH is 1. The summed E-state index contributed by atoms with van der Waals surface area (Å²) in [5, 5.41) is 9.59. The third-order valence-corrected chi connectivity index (χ3v) is 3.92. The Morgan fingerprint density at radius 2 is 1.74 bits per heavy atom. The van der Waals surface area contributed by atoms with Gasteiger partial charge in [0.15, 0.2) is 0 Å². The summed E-state index contributed by atoms with van der Waals surface area (Å²) in [4.78, 5) is 29.0. The fourth-order valence-corrected chi connectivity index (χ4v) is 2.74. The van der Waals surface area contributed by atoms with Gasteiger partial charge >= 0.3 is 0 Å². The summed E-state index contributed by atoms with van der Waals surface area (Å²) in [6.07, 6.45) is 1.49. The van der Waals surface area contributed by atoms with E-state index in [0.29, 0.717) is 39.3 Å². The van der Waals surface area contributed by atoms with Crippen molar-refractivity contribution >= 4 is 11.8 Å². The molecule has 0 aliphatic carbocycles. The fraction of sp³-hybridized carbons (Fsp3) is 0.846. The van der Waals surface area contributed by atoms with E-state index >= 15 is 0 Å². The van der Waals surface area contributed by atoms with Crippen molar-refractivity contribution in [3.63, 3.8) is 0 Å². The molecule has 0 radical (unpaired) electrons. The van der Waals surface area contributed by atoms with E-state index in [0.717, 1.165) is 19.4 Å². The van der Waals surface area contributed by atoms with Crippen LogP contribution in [0.5, 0.6) is 0 Å². The third-order valence-electron chi connectivity index (χ3n) is 3.92. The summed E-state index contributed by atoms with van der Waals surface area (Å²) in [7, 11) is 0. The van der Waals surface area contributed by atoms with E-state index in [1.165, 1.54) is 0 Å². The molecule has 0 bridgehead atoms. The first kappa shape index (κ1) is 14.3. The van der Waals surface area contributed by atoms with Gasteiger partial charge in [-0.3, -0.25) is 14.5 Å². The number of carbonyl (C=O) groups excluding carboxylic acids is 2. The monoisotopic (exact) mass is 269 g/mol. The van der Waals surface area contributed by atoms with Gasteiger partial charge in [-0.1, -0.05) is 0 Å². The molecule has 19 heavy (non-hydrogen) atoms. The second-order valence-electron chi connectivity index (χ2n) is 5.42. The molecule has 6 nitrogen and oxygen atoms in total. The molecule has 2 fully saturated rings. The van der Waals surface area contributed by atoms with Crippen LogP contribution in [0.15, 0.2) is 0 Å². The number of rotatable bonds is 2. The molecule has 1 N–H and O–H groups in total. The summed E-state index contributed by atoms with van der Waals surface area (Å²) in [6, 6.07) is 0. The Bertz CT molecular complexity index is 340. The highest BCUT2D eigenvalue weighted by molar-refractivity contribution is 5.79. The van der Waals surface area contributed by atoms with Crippen molar-refractivity contribution in [3.05, 3.63) is 0 Å². The van der Waals surface area contributed by atoms with Crippen molar-refractivity contribution in [3.8, 4) is 0 Å². The number of amides is 2. The summed E-state index contributed by atoms with van der Waals surface area (Å²) in [6.45, 7) is 5.93. The van der Waals surface area contributed by atoms with Gasteiger partial charge in [-0.05, 0) is 19.4 Å². The standard InChI is InChI=1S/C13H23N3O3/c1-11(17)15-5-7-16(8-6-15)13(19)10-14-4-2-3-12(18)9-14/h12,18H,2-10H2,1H3. The van der Waals surface area contributed by atoms with E-state index in [1.54, 1.807) is 11.8 Å². The molecule has 2 saturated heterocycles. The lowest BCUT2D eigenvalue weighted by Gasteiger charge is -2.36. The second kappa shape index (κ2) is 6.34. The zero-order chi connectivity index (χ0) is 13.8. The fourth-order valence-electron chi connectivity index (χ4n) is 2.74. The SMILES string of the molecule is CC(=O)N1CCN(C(=O)CN2CCCC(O)C2)CC1. The van der Waals surface area contributed by atoms with Crippen molar-refractivity contribution in [2.45, 2.75) is 25.9 Å². The Hall–Kier alpha value is -1.14. The van der Waals surface area contributed by atoms with Crippen molar-refractivity contribution in [1.29, 1.82) is 0 Å². The third kappa shape index (κ3) is 3.91. The van der Waals surface area contributed by atoms with Gasteiger partial charge in [0.25, 0.3) is 0 Å². The van der Waals surface area contributed by atoms with Gasteiger partial charge in [0, 0.05) is 39.6 Å². The van der Waals surface area contributed by atoms with Crippen LogP contribution < -0.4 is 0 Å². The number of hydrogen-bond acceptors (Lipinski definition) is 4. The zero-order valence-corrected chi connectivity index (χ0v) is 11.5. The first-order valence-electron chi connectivity index (χ1n) is 7.00. The van der Waals surface area contributed by atoms with E-state index in [1.807, 2.05) is 9.80 Å². The minimum atomic E-state index is -0.295. The minimum absolute atomic E-state index is 0.0752. The Kier molecular flexibility index (Phi) is 4.76. The molecule has 2 amide bonds. The van der Waals surface area contributed by atoms with Gasteiger partial charge in [0.05, 0.1) is 12.6 Å². The number of nitrogens with zero attached hydrogens (tertiary/aromatic N) is 3. The Morgan fingerprint density at radius 3 is 2.32 bits per heavy atom. The molecule has 2 rings (SSSR count). The molecular formula is C13H23N3O3. The van der Waals surface area contributed by atoms with Gasteiger partial charge < -0.3 is 14.9 Å². The Balaban J connectivity index is 1.76. The normalized spacial score (nSPS) is 25.5. The van der Waals surface area contributed by atoms with Crippen LogP contribution in [0.2, 0.25) is 0 Å². The second-order valence-corrected chi connectivity index (χ2v) is 5.42. The highest BCUT2D eigenvalue weighted by atomic mass is 16.3. The molecule has 1 unspecified atom stereocenters. The molecule has 0 saturated carbocycles. The maximum Gasteiger partial charge on any atom is 0.236 e. The van der Waals surface area contributed by atoms with Gasteiger partial charge in [-0.25, -0.2) is 0 Å². The number of likely N-dealkylation sites (tertiary alicyclic amines) is 1. The lowest BCUT2D eigenvalue weighted by molar-refractivity contribution is -0.139. The predicted molar refractivity (Wildman–Crippen MR) is 70.5 cm³/mol. The summed E-state index contributed by atoms with van der Waals surface area (Å²) < 4.78 is 0. The molecular weight excluding hydrogens is 246 g/mol. The number of piperazine rings is 1. The minimum Gasteiger partial charge on any atom is -0.392 e. The molecule has 6 heteroatoms. The lowest BCUT2D eigenvalue weighted by Crippen LogP contribution is -2.53. The largest absolute Gasteiger partial charge is 0.392 e. The Morgan fingerprint density at radius 1 is 1.11 bits per heavy atom. The maximum absolute atomic E-state index is 12.1. The maximum atomic E-state index is 12.1. The predicted octanol–water partition coefficient (Wildman–Crippen LogP) is -0.866. The van der Waals surface area contributed by atoms with E-state index in [-0.39, 0.29) is 17.9 Å². The smallest absolute Gasteiger partial charge is 0.236 e. The van der Waals surface area contributed by atoms with Crippen LogP contribution in [0.4, 0.5) is 0 Å². The lowest BCUT2D eigenvalue weighted by atomic mass is 10.1. The molecule has 0 aromatic carbocycles. The van der Waals surface area contributed by atoms with Gasteiger partial charge in [0.1, 0.15) is 0 Å². The number of β-amino-alcohol motifs (C(OH)–C–C–N with tert-alkyl or cyclic N) is 1. The molecule has 108 valence electrons. The summed E-state index contributed by atoms with van der Waals surface area (Å²) in [5.74, 6) is 0.184. The highest BCUT2D eigenvalue weighted by Gasteiger charge is 2.25. The van der Waals surface area contributed by atoms with Gasteiger partial charge in [-0.15, -0.1) is 0 Å². The first-order chi connectivity index (χ1) is 9.06. The van der Waals surface area contributed by atoms with Crippen LogP contribution in [0, 0.1) is 0 Å². The summed E-state index contributed by atoms with van der Waals surface area (Å²) in [5.41, 5.74) is 0. The zero-order valence-electron chi connectivity index (χ0n) is 11.5. The van der Waals surface area contributed by atoms with Crippen LogP contribution in [0.25, 0.3) is 0 Å². The molecule has 0 spiro atoms. The molecule has 2 aliphatic heterocycles. The Labute approximate surface area is 114 Å². The van der Waals surface area contributed by atoms with Crippen molar-refractivity contribution in [1.82, 2.24) is 14.7 Å². The average molecular weight is 269 g/mol. The highest BCUT2D eigenvalue weighted by Crippen LogP contribution is 2.10. The molecule has 1 atom stereocenters. The van der Waals surface area contributed by atoms with E-state index in [9.17, 15) is 14.7 Å². The van der Waals surface area contributed by atoms with Crippen LogP contribution in [0.3, 0.4) is 0 Å². The first-order valence-corrected chi connectivity index (χ1v) is 7.00. The number of aliphatic hydroxyl groups is 1. The van der Waals surface area contributed by atoms with E-state index in [4.69, 9.17) is 0 Å². The van der Waals surface area contributed by atoms with Gasteiger partial charge in [0.2, 0.25) is 11.8 Å². The van der Waals surface area contributed by atoms with Crippen molar-refractivity contribution < 1.29 is 14.7 Å². The molecule has 0 aromatic heterocycles. The molecule has 2 heterocycles. The van der Waals surface area contributed by atoms with Crippen LogP contribution >= 0.6 is 0 Å². The van der Waals surface area contributed by atoms with Crippen LogP contribution in [-0.4, -0.2) is 83.5 Å². The van der Waals surface area contributed by atoms with Crippen molar-refractivity contribution in [2.75, 3.05) is 45.8 Å². The molecule has 0 aromatic rings. The van der Waals surface area contributed by atoms with Gasteiger partial charge in [-0.2, -0.15) is 0 Å². The van der Waals surface area contributed by atoms with E-state index in [2.05, 4.69) is 0 Å². The topological polar surface area (TPSA) is 64.1 Å². The van der Waals surface area contributed by atoms with Crippen LogP contribution in [-0.2, 0) is 9.59 Å². The summed E-state index contributed by atoms with van der Waals surface area (Å²) >= 11 is 0. The quantitative estimate of drug-likeness (QED) is 0.708. The molecule has 2 aliphatic rings. The number of hydrogen-bond donors (Lipinski definition) is 1. The van der Waals surface area contributed by atoms with Crippen molar-refractivity contribution in [2.24, 2.45) is 0 Å².